The van der Waals surface area contributed by atoms with Crippen LogP contribution in [0.3, 0.4) is 0 Å². The Kier molecular flexibility index (Phi) is 4.10. The number of carbonyl (C=O) groups excluding carboxylic acids is 1. The third-order valence-corrected chi connectivity index (χ3v) is 7.41. The summed E-state index contributed by atoms with van der Waals surface area (Å²) in [6, 6.07) is 5.88. The Bertz CT molecular complexity index is 710. The van der Waals surface area contributed by atoms with Gasteiger partial charge >= 0.3 is 0 Å². The van der Waals surface area contributed by atoms with Crippen LogP contribution in [-0.2, 0) is 21.1 Å². The molecule has 2 aliphatic rings. The summed E-state index contributed by atoms with van der Waals surface area (Å²) in [6.07, 6.45) is 5.74. The highest BCUT2D eigenvalue weighted by Crippen LogP contribution is 2.42. The van der Waals surface area contributed by atoms with E-state index >= 15 is 0 Å². The van der Waals surface area contributed by atoms with Crippen molar-refractivity contribution in [1.82, 2.24) is 0 Å². The number of carbonyl (C=O) groups is 1. The van der Waals surface area contributed by atoms with E-state index in [9.17, 15) is 13.2 Å². The molecule has 120 valence electrons. The number of amides is 1. The lowest BCUT2D eigenvalue weighted by Gasteiger charge is -2.41. The van der Waals surface area contributed by atoms with E-state index in [4.69, 9.17) is 0 Å². The van der Waals surface area contributed by atoms with E-state index in [0.29, 0.717) is 19.4 Å². The zero-order valence-electron chi connectivity index (χ0n) is 12.6. The number of fused-ring (bicyclic) bond motifs is 1. The molecule has 1 aromatic carbocycles. The van der Waals surface area contributed by atoms with E-state index in [0.717, 1.165) is 41.4 Å². The van der Waals surface area contributed by atoms with Crippen LogP contribution in [-0.4, -0.2) is 31.9 Å². The van der Waals surface area contributed by atoms with Gasteiger partial charge in [0.15, 0.2) is 14.6 Å². The number of benzene rings is 1. The van der Waals surface area contributed by atoms with Crippen molar-refractivity contribution in [3.8, 4) is 0 Å². The number of hydrogen-bond donors (Lipinski definition) is 0. The van der Waals surface area contributed by atoms with Crippen molar-refractivity contribution in [3.05, 3.63) is 28.2 Å². The van der Waals surface area contributed by atoms with Crippen molar-refractivity contribution in [2.24, 2.45) is 0 Å². The summed E-state index contributed by atoms with van der Waals surface area (Å²) in [6.45, 7) is 0.602. The minimum absolute atomic E-state index is 0.230. The molecule has 0 bridgehead atoms. The standard InChI is InChI=1S/C16H20BrNO3S/c1-22(20,21)16(8-4-9-16)15(19)18-10-3-2-5-12-11-13(17)6-7-14(12)18/h6-7,11H,2-5,8-10H2,1H3. The van der Waals surface area contributed by atoms with Gasteiger partial charge in [0.25, 0.3) is 0 Å². The Morgan fingerprint density at radius 3 is 2.55 bits per heavy atom. The summed E-state index contributed by atoms with van der Waals surface area (Å²) in [5.41, 5.74) is 1.99. The zero-order chi connectivity index (χ0) is 16.0. The molecule has 0 N–H and O–H groups in total. The highest BCUT2D eigenvalue weighted by molar-refractivity contribution is 9.10. The number of aryl methyl sites for hydroxylation is 1. The molecule has 0 spiro atoms. The first-order valence-electron chi connectivity index (χ1n) is 7.65. The lowest BCUT2D eigenvalue weighted by atomic mass is 9.82. The molecular weight excluding hydrogens is 366 g/mol. The molecule has 0 saturated heterocycles. The van der Waals surface area contributed by atoms with Crippen molar-refractivity contribution < 1.29 is 13.2 Å². The first-order valence-corrected chi connectivity index (χ1v) is 10.3. The monoisotopic (exact) mass is 385 g/mol. The molecule has 22 heavy (non-hydrogen) atoms. The van der Waals surface area contributed by atoms with E-state index in [2.05, 4.69) is 15.9 Å². The average Bonchev–Trinajstić information content (AvgIpc) is 2.56. The number of nitrogens with zero attached hydrogens (tertiary/aromatic N) is 1. The summed E-state index contributed by atoms with van der Waals surface area (Å²) < 4.78 is 24.2. The maximum absolute atomic E-state index is 13.1. The van der Waals surface area contributed by atoms with E-state index in [1.807, 2.05) is 18.2 Å². The molecule has 6 heteroatoms. The van der Waals surface area contributed by atoms with Gasteiger partial charge in [0.1, 0.15) is 0 Å². The molecule has 0 radical (unpaired) electrons. The smallest absolute Gasteiger partial charge is 0.248 e. The second-order valence-corrected chi connectivity index (χ2v) is 9.55. The Balaban J connectivity index is 2.03. The SMILES string of the molecule is CS(=O)(=O)C1(C(=O)N2CCCCc3cc(Br)ccc32)CCC1. The van der Waals surface area contributed by atoms with Crippen molar-refractivity contribution in [2.75, 3.05) is 17.7 Å². The first kappa shape index (κ1) is 16.0. The summed E-state index contributed by atoms with van der Waals surface area (Å²) in [5.74, 6) is -0.230. The molecule has 3 rings (SSSR count). The fourth-order valence-electron chi connectivity index (χ4n) is 3.42. The van der Waals surface area contributed by atoms with Crippen molar-refractivity contribution in [2.45, 2.75) is 43.3 Å². The van der Waals surface area contributed by atoms with Gasteiger partial charge in [-0.15, -0.1) is 0 Å². The number of hydrogen-bond acceptors (Lipinski definition) is 3. The molecule has 1 amide bonds. The Morgan fingerprint density at radius 1 is 1.23 bits per heavy atom. The van der Waals surface area contributed by atoms with Crippen molar-refractivity contribution in [1.29, 1.82) is 0 Å². The van der Waals surface area contributed by atoms with Crippen molar-refractivity contribution in [3.63, 3.8) is 0 Å². The van der Waals surface area contributed by atoms with Gasteiger partial charge in [-0.3, -0.25) is 4.79 Å². The molecule has 1 aliphatic carbocycles. The van der Waals surface area contributed by atoms with Gasteiger partial charge in [-0.05, 0) is 62.3 Å². The Labute approximate surface area is 139 Å². The van der Waals surface area contributed by atoms with Crippen LogP contribution >= 0.6 is 15.9 Å². The predicted octanol–water partition coefficient (Wildman–Crippen LogP) is 3.09. The van der Waals surface area contributed by atoms with Gasteiger partial charge in [-0.1, -0.05) is 15.9 Å². The highest BCUT2D eigenvalue weighted by atomic mass is 79.9. The third kappa shape index (κ3) is 2.50. The van der Waals surface area contributed by atoms with E-state index < -0.39 is 14.6 Å². The van der Waals surface area contributed by atoms with Gasteiger partial charge in [0, 0.05) is 23.0 Å². The van der Waals surface area contributed by atoms with Crippen LogP contribution in [0.5, 0.6) is 0 Å². The normalized spacial score (nSPS) is 20.7. The fraction of sp³-hybridized carbons (Fsp3) is 0.562. The first-order chi connectivity index (χ1) is 10.3. The lowest BCUT2D eigenvalue weighted by Crippen LogP contribution is -2.58. The molecule has 0 aromatic heterocycles. The predicted molar refractivity (Wildman–Crippen MR) is 90.9 cm³/mol. The molecule has 1 aliphatic heterocycles. The largest absolute Gasteiger partial charge is 0.311 e. The van der Waals surface area contributed by atoms with Gasteiger partial charge in [0.2, 0.25) is 5.91 Å². The van der Waals surface area contributed by atoms with Gasteiger partial charge in [-0.2, -0.15) is 0 Å². The molecule has 0 unspecified atom stereocenters. The van der Waals surface area contributed by atoms with Gasteiger partial charge in [0.05, 0.1) is 0 Å². The Hall–Kier alpha value is -0.880. The fourth-order valence-corrected chi connectivity index (χ4v) is 5.29. The van der Waals surface area contributed by atoms with Crippen LogP contribution in [0.25, 0.3) is 0 Å². The van der Waals surface area contributed by atoms with Gasteiger partial charge in [-0.25, -0.2) is 8.42 Å². The molecule has 1 heterocycles. The average molecular weight is 386 g/mol. The summed E-state index contributed by atoms with van der Waals surface area (Å²) in [7, 11) is -3.40. The molecule has 1 fully saturated rings. The molecule has 4 nitrogen and oxygen atoms in total. The highest BCUT2D eigenvalue weighted by Gasteiger charge is 2.54. The van der Waals surface area contributed by atoms with Crippen LogP contribution < -0.4 is 4.90 Å². The lowest BCUT2D eigenvalue weighted by molar-refractivity contribution is -0.123. The third-order valence-electron chi connectivity index (χ3n) is 4.92. The topological polar surface area (TPSA) is 54.5 Å². The maximum atomic E-state index is 13.1. The van der Waals surface area contributed by atoms with Crippen LogP contribution in [0, 0.1) is 0 Å². The van der Waals surface area contributed by atoms with Gasteiger partial charge < -0.3 is 4.90 Å². The molecule has 1 saturated carbocycles. The van der Waals surface area contributed by atoms with E-state index in [1.165, 1.54) is 6.26 Å². The maximum Gasteiger partial charge on any atom is 0.248 e. The second kappa shape index (κ2) is 5.64. The number of rotatable bonds is 2. The molecule has 1 aromatic rings. The van der Waals surface area contributed by atoms with Crippen LogP contribution in [0.15, 0.2) is 22.7 Å². The number of halogens is 1. The van der Waals surface area contributed by atoms with Crippen LogP contribution in [0.1, 0.15) is 37.7 Å². The van der Waals surface area contributed by atoms with E-state index in [1.54, 1.807) is 4.90 Å². The number of sulfone groups is 1. The minimum Gasteiger partial charge on any atom is -0.311 e. The summed E-state index contributed by atoms with van der Waals surface area (Å²) >= 11 is 3.47. The Morgan fingerprint density at radius 2 is 1.95 bits per heavy atom. The second-order valence-electron chi connectivity index (χ2n) is 6.31. The zero-order valence-corrected chi connectivity index (χ0v) is 15.0. The van der Waals surface area contributed by atoms with Crippen LogP contribution in [0.4, 0.5) is 5.69 Å². The molecule has 0 atom stereocenters. The molecular formula is C16H20BrNO3S. The number of anilines is 1. The quantitative estimate of drug-likeness (QED) is 0.785. The summed E-state index contributed by atoms with van der Waals surface area (Å²) in [4.78, 5) is 14.8. The van der Waals surface area contributed by atoms with E-state index in [-0.39, 0.29) is 5.91 Å². The van der Waals surface area contributed by atoms with Crippen molar-refractivity contribution >= 4 is 37.4 Å². The minimum atomic E-state index is -3.40. The van der Waals surface area contributed by atoms with Crippen LogP contribution in [0.2, 0.25) is 0 Å². The summed E-state index contributed by atoms with van der Waals surface area (Å²) in [5, 5.41) is 0.